The Bertz CT molecular complexity index is 730. The number of ether oxygens (including phenoxy) is 1. The molecule has 0 saturated heterocycles. The van der Waals surface area contributed by atoms with E-state index in [9.17, 15) is 4.79 Å². The second-order valence-corrected chi connectivity index (χ2v) is 6.60. The SMILES string of the molecule is Cc1cc(C(=O)N2CCCn3cnc(COC(C)C)c3C2)c(C)o1. The highest BCUT2D eigenvalue weighted by Gasteiger charge is 2.25. The van der Waals surface area contributed by atoms with Crippen molar-refractivity contribution in [2.75, 3.05) is 6.54 Å². The number of carbonyl (C=O) groups excluding carboxylic acids is 1. The predicted octanol–water partition coefficient (Wildman–Crippen LogP) is 3.06. The Morgan fingerprint density at radius 1 is 1.38 bits per heavy atom. The molecule has 6 nitrogen and oxygen atoms in total. The van der Waals surface area contributed by atoms with Crippen LogP contribution in [-0.2, 0) is 24.4 Å². The van der Waals surface area contributed by atoms with E-state index in [0.717, 1.165) is 36.7 Å². The topological polar surface area (TPSA) is 60.5 Å². The predicted molar refractivity (Wildman–Crippen MR) is 89.7 cm³/mol. The van der Waals surface area contributed by atoms with Gasteiger partial charge in [-0.15, -0.1) is 0 Å². The van der Waals surface area contributed by atoms with Gasteiger partial charge >= 0.3 is 0 Å². The molecule has 1 aliphatic rings. The number of aromatic nitrogens is 2. The van der Waals surface area contributed by atoms with E-state index in [0.29, 0.717) is 24.5 Å². The van der Waals surface area contributed by atoms with Crippen LogP contribution in [-0.4, -0.2) is 33.0 Å². The summed E-state index contributed by atoms with van der Waals surface area (Å²) in [6.45, 7) is 10.4. The summed E-state index contributed by atoms with van der Waals surface area (Å²) in [5.74, 6) is 1.47. The Morgan fingerprint density at radius 3 is 2.83 bits per heavy atom. The summed E-state index contributed by atoms with van der Waals surface area (Å²) in [5.41, 5.74) is 2.64. The molecule has 0 unspecified atom stereocenters. The van der Waals surface area contributed by atoms with E-state index >= 15 is 0 Å². The fraction of sp³-hybridized carbons (Fsp3) is 0.556. The molecule has 0 aromatic carbocycles. The van der Waals surface area contributed by atoms with Crippen molar-refractivity contribution < 1.29 is 13.9 Å². The normalized spacial score (nSPS) is 14.8. The number of imidazole rings is 1. The van der Waals surface area contributed by atoms with Gasteiger partial charge in [-0.3, -0.25) is 4.79 Å². The lowest BCUT2D eigenvalue weighted by Crippen LogP contribution is -2.31. The minimum Gasteiger partial charge on any atom is -0.466 e. The number of fused-ring (bicyclic) bond motifs is 1. The van der Waals surface area contributed by atoms with Crippen molar-refractivity contribution in [2.45, 2.75) is 59.9 Å². The zero-order chi connectivity index (χ0) is 17.3. The van der Waals surface area contributed by atoms with Crippen molar-refractivity contribution >= 4 is 5.91 Å². The Labute approximate surface area is 142 Å². The average Bonchev–Trinajstić information content (AvgIpc) is 2.98. The van der Waals surface area contributed by atoms with Crippen LogP contribution in [0, 0.1) is 13.8 Å². The van der Waals surface area contributed by atoms with E-state index < -0.39 is 0 Å². The van der Waals surface area contributed by atoms with E-state index in [-0.39, 0.29) is 12.0 Å². The van der Waals surface area contributed by atoms with Gasteiger partial charge in [-0.05, 0) is 40.2 Å². The third-order valence-corrected chi connectivity index (χ3v) is 4.31. The molecule has 1 aliphatic heterocycles. The molecule has 1 amide bonds. The van der Waals surface area contributed by atoms with E-state index in [1.54, 1.807) is 0 Å². The van der Waals surface area contributed by atoms with Gasteiger partial charge in [-0.1, -0.05) is 0 Å². The van der Waals surface area contributed by atoms with Crippen molar-refractivity contribution in [3.63, 3.8) is 0 Å². The van der Waals surface area contributed by atoms with E-state index in [1.165, 1.54) is 0 Å². The summed E-state index contributed by atoms with van der Waals surface area (Å²) in [6.07, 6.45) is 2.92. The van der Waals surface area contributed by atoms with Crippen LogP contribution in [0.1, 0.15) is 53.5 Å². The molecule has 3 rings (SSSR count). The Hall–Kier alpha value is -2.08. The van der Waals surface area contributed by atoms with Crippen molar-refractivity contribution in [3.05, 3.63) is 40.9 Å². The molecule has 0 fully saturated rings. The summed E-state index contributed by atoms with van der Waals surface area (Å²) < 4.78 is 13.4. The van der Waals surface area contributed by atoms with Gasteiger partial charge in [0.1, 0.15) is 11.5 Å². The van der Waals surface area contributed by atoms with Crippen LogP contribution in [0.4, 0.5) is 0 Å². The summed E-state index contributed by atoms with van der Waals surface area (Å²) in [7, 11) is 0. The molecule has 2 aromatic rings. The molecular weight excluding hydrogens is 306 g/mol. The zero-order valence-corrected chi connectivity index (χ0v) is 14.8. The van der Waals surface area contributed by atoms with E-state index in [4.69, 9.17) is 9.15 Å². The molecule has 0 radical (unpaired) electrons. The first-order valence-corrected chi connectivity index (χ1v) is 8.46. The lowest BCUT2D eigenvalue weighted by molar-refractivity contribution is 0.0620. The maximum Gasteiger partial charge on any atom is 0.257 e. The van der Waals surface area contributed by atoms with Crippen molar-refractivity contribution in [1.82, 2.24) is 14.5 Å². The van der Waals surface area contributed by atoms with Gasteiger partial charge < -0.3 is 18.6 Å². The van der Waals surface area contributed by atoms with Gasteiger partial charge in [-0.25, -0.2) is 4.98 Å². The number of nitrogens with zero attached hydrogens (tertiary/aromatic N) is 3. The molecule has 24 heavy (non-hydrogen) atoms. The molecule has 6 heteroatoms. The maximum atomic E-state index is 12.9. The van der Waals surface area contributed by atoms with Gasteiger partial charge in [0.2, 0.25) is 0 Å². The molecule has 130 valence electrons. The molecular formula is C18H25N3O3. The first-order chi connectivity index (χ1) is 11.5. The second-order valence-electron chi connectivity index (χ2n) is 6.60. The van der Waals surface area contributed by atoms with Crippen LogP contribution in [0.25, 0.3) is 0 Å². The third kappa shape index (κ3) is 3.38. The quantitative estimate of drug-likeness (QED) is 0.864. The largest absolute Gasteiger partial charge is 0.466 e. The zero-order valence-electron chi connectivity index (χ0n) is 14.8. The summed E-state index contributed by atoms with van der Waals surface area (Å²) in [6, 6.07) is 1.82. The number of rotatable bonds is 4. The Balaban J connectivity index is 1.82. The van der Waals surface area contributed by atoms with Crippen LogP contribution in [0.5, 0.6) is 0 Å². The monoisotopic (exact) mass is 331 g/mol. The van der Waals surface area contributed by atoms with Crippen LogP contribution >= 0.6 is 0 Å². The number of hydrogen-bond donors (Lipinski definition) is 0. The Morgan fingerprint density at radius 2 is 2.17 bits per heavy atom. The van der Waals surface area contributed by atoms with E-state index in [1.807, 2.05) is 45.0 Å². The summed E-state index contributed by atoms with van der Waals surface area (Å²) in [5, 5.41) is 0. The van der Waals surface area contributed by atoms with Crippen LogP contribution in [0.15, 0.2) is 16.8 Å². The number of hydrogen-bond acceptors (Lipinski definition) is 4. The van der Waals surface area contributed by atoms with Crippen molar-refractivity contribution in [3.8, 4) is 0 Å². The van der Waals surface area contributed by atoms with Crippen LogP contribution in [0.3, 0.4) is 0 Å². The highest BCUT2D eigenvalue weighted by Crippen LogP contribution is 2.22. The lowest BCUT2D eigenvalue weighted by Gasteiger charge is -2.20. The molecule has 2 aromatic heterocycles. The lowest BCUT2D eigenvalue weighted by atomic mass is 10.2. The summed E-state index contributed by atoms with van der Waals surface area (Å²) in [4.78, 5) is 19.3. The first-order valence-electron chi connectivity index (χ1n) is 8.46. The second kappa shape index (κ2) is 6.81. The smallest absolute Gasteiger partial charge is 0.257 e. The molecule has 0 aliphatic carbocycles. The van der Waals surface area contributed by atoms with Crippen molar-refractivity contribution in [2.24, 2.45) is 0 Å². The molecule has 0 atom stereocenters. The molecule has 3 heterocycles. The van der Waals surface area contributed by atoms with Gasteiger partial charge in [0.05, 0.1) is 42.5 Å². The summed E-state index contributed by atoms with van der Waals surface area (Å²) >= 11 is 0. The van der Waals surface area contributed by atoms with Gasteiger partial charge in [0.25, 0.3) is 5.91 Å². The van der Waals surface area contributed by atoms with Gasteiger partial charge in [-0.2, -0.15) is 0 Å². The van der Waals surface area contributed by atoms with Crippen molar-refractivity contribution in [1.29, 1.82) is 0 Å². The van der Waals surface area contributed by atoms with Gasteiger partial charge in [0, 0.05) is 13.1 Å². The molecule has 0 N–H and O–H groups in total. The first kappa shape index (κ1) is 16.8. The fourth-order valence-electron chi connectivity index (χ4n) is 3.07. The molecule has 0 saturated carbocycles. The molecule has 0 bridgehead atoms. The minimum absolute atomic E-state index is 0.0229. The average molecular weight is 331 g/mol. The highest BCUT2D eigenvalue weighted by molar-refractivity contribution is 5.95. The van der Waals surface area contributed by atoms with Crippen LogP contribution in [0.2, 0.25) is 0 Å². The van der Waals surface area contributed by atoms with Crippen LogP contribution < -0.4 is 0 Å². The van der Waals surface area contributed by atoms with E-state index in [2.05, 4.69) is 9.55 Å². The number of carbonyl (C=O) groups is 1. The van der Waals surface area contributed by atoms with Gasteiger partial charge in [0.15, 0.2) is 0 Å². The molecule has 0 spiro atoms. The fourth-order valence-corrected chi connectivity index (χ4v) is 3.07. The number of amides is 1. The Kier molecular flexibility index (Phi) is 4.76. The third-order valence-electron chi connectivity index (χ3n) is 4.31. The number of aryl methyl sites for hydroxylation is 3. The highest BCUT2D eigenvalue weighted by atomic mass is 16.5. The maximum absolute atomic E-state index is 12.9. The standard InChI is InChI=1S/C18H25N3O3/c1-12(2)23-10-16-17-9-20(6-5-7-21(17)11-19-16)18(22)15-8-13(3)24-14(15)4/h8,11-12H,5-7,9-10H2,1-4H3. The number of furan rings is 1. The minimum atomic E-state index is 0.0229.